The third kappa shape index (κ3) is 3.09. The van der Waals surface area contributed by atoms with Gasteiger partial charge in [0, 0.05) is 19.3 Å². The normalized spacial score (nSPS) is 15.2. The first kappa shape index (κ1) is 17.0. The molecule has 0 bridgehead atoms. The van der Waals surface area contributed by atoms with Crippen molar-refractivity contribution in [1.29, 1.82) is 0 Å². The number of carbonyl (C=O) groups excluding carboxylic acids is 1. The van der Waals surface area contributed by atoms with Gasteiger partial charge in [-0.1, -0.05) is 30.8 Å². The number of halogens is 1. The van der Waals surface area contributed by atoms with Crippen LogP contribution in [0, 0.1) is 5.82 Å². The van der Waals surface area contributed by atoms with Crippen LogP contribution in [0.5, 0.6) is 0 Å². The van der Waals surface area contributed by atoms with Crippen molar-refractivity contribution in [3.05, 3.63) is 54.0 Å². The SMILES string of the molecule is C.O=C(N1CCC(c2ccccc2F)CC1)n1nnc2ncccc21. The molecule has 6 nitrogen and oxygen atoms in total. The molecule has 130 valence electrons. The molecule has 4 rings (SSSR count). The quantitative estimate of drug-likeness (QED) is 0.680. The second kappa shape index (κ2) is 6.96. The Morgan fingerprint density at radius 2 is 1.88 bits per heavy atom. The van der Waals surface area contributed by atoms with Gasteiger partial charge in [-0.2, -0.15) is 4.68 Å². The molecule has 1 saturated heterocycles. The van der Waals surface area contributed by atoms with Gasteiger partial charge in [-0.3, -0.25) is 0 Å². The van der Waals surface area contributed by atoms with Crippen LogP contribution in [0.4, 0.5) is 9.18 Å². The molecule has 1 fully saturated rings. The highest BCUT2D eigenvalue weighted by Crippen LogP contribution is 2.30. The van der Waals surface area contributed by atoms with Crippen LogP contribution < -0.4 is 0 Å². The van der Waals surface area contributed by atoms with Crippen molar-refractivity contribution >= 4 is 17.2 Å². The largest absolute Gasteiger partial charge is 0.346 e. The maximum atomic E-state index is 13.9. The van der Waals surface area contributed by atoms with Gasteiger partial charge in [0.25, 0.3) is 0 Å². The number of aromatic nitrogens is 4. The number of fused-ring (bicyclic) bond motifs is 1. The van der Waals surface area contributed by atoms with E-state index in [2.05, 4.69) is 15.3 Å². The maximum Gasteiger partial charge on any atom is 0.346 e. The lowest BCUT2D eigenvalue weighted by Gasteiger charge is -2.31. The smallest absolute Gasteiger partial charge is 0.323 e. The number of nitrogens with zero attached hydrogens (tertiary/aromatic N) is 5. The minimum Gasteiger partial charge on any atom is -0.323 e. The highest BCUT2D eigenvalue weighted by atomic mass is 19.1. The van der Waals surface area contributed by atoms with E-state index in [1.807, 2.05) is 12.1 Å². The van der Waals surface area contributed by atoms with E-state index < -0.39 is 0 Å². The lowest BCUT2D eigenvalue weighted by Crippen LogP contribution is -2.40. The summed E-state index contributed by atoms with van der Waals surface area (Å²) in [5, 5.41) is 7.83. The van der Waals surface area contributed by atoms with Crippen LogP contribution in [0.15, 0.2) is 42.6 Å². The van der Waals surface area contributed by atoms with Crippen LogP contribution in [0.3, 0.4) is 0 Å². The first-order valence-electron chi connectivity index (χ1n) is 7.94. The summed E-state index contributed by atoms with van der Waals surface area (Å²) in [7, 11) is 0. The zero-order valence-corrected chi connectivity index (χ0v) is 13.0. The fourth-order valence-electron chi connectivity index (χ4n) is 3.23. The first-order valence-corrected chi connectivity index (χ1v) is 7.94. The molecule has 1 amide bonds. The summed E-state index contributed by atoms with van der Waals surface area (Å²) in [6, 6.07) is 10.2. The number of carbonyl (C=O) groups is 1. The van der Waals surface area contributed by atoms with E-state index in [1.54, 1.807) is 29.3 Å². The van der Waals surface area contributed by atoms with Crippen molar-refractivity contribution in [2.24, 2.45) is 0 Å². The first-order chi connectivity index (χ1) is 11.7. The summed E-state index contributed by atoms with van der Waals surface area (Å²) >= 11 is 0. The fourth-order valence-corrected chi connectivity index (χ4v) is 3.23. The van der Waals surface area contributed by atoms with E-state index in [4.69, 9.17) is 0 Å². The van der Waals surface area contributed by atoms with E-state index in [0.717, 1.165) is 18.4 Å². The minimum atomic E-state index is -0.211. The molecule has 2 aromatic heterocycles. The van der Waals surface area contributed by atoms with Gasteiger partial charge in [0.15, 0.2) is 0 Å². The minimum absolute atomic E-state index is 0. The van der Waals surface area contributed by atoms with E-state index in [0.29, 0.717) is 24.3 Å². The molecule has 1 aromatic carbocycles. The monoisotopic (exact) mass is 341 g/mol. The van der Waals surface area contributed by atoms with Gasteiger partial charge in [0.1, 0.15) is 11.3 Å². The zero-order chi connectivity index (χ0) is 16.5. The molecular weight excluding hydrogens is 321 g/mol. The van der Waals surface area contributed by atoms with E-state index in [9.17, 15) is 9.18 Å². The number of rotatable bonds is 1. The predicted molar refractivity (Wildman–Crippen MR) is 92.8 cm³/mol. The van der Waals surface area contributed by atoms with Gasteiger partial charge in [-0.15, -0.1) is 5.10 Å². The van der Waals surface area contributed by atoms with Crippen LogP contribution >= 0.6 is 0 Å². The highest BCUT2D eigenvalue weighted by Gasteiger charge is 2.27. The predicted octanol–water partition coefficient (Wildman–Crippen LogP) is 3.45. The average Bonchev–Trinajstić information content (AvgIpc) is 3.06. The van der Waals surface area contributed by atoms with Crippen molar-refractivity contribution < 1.29 is 9.18 Å². The Morgan fingerprint density at radius 3 is 2.64 bits per heavy atom. The molecule has 1 aliphatic heterocycles. The van der Waals surface area contributed by atoms with Crippen molar-refractivity contribution in [1.82, 2.24) is 24.9 Å². The second-order valence-corrected chi connectivity index (χ2v) is 5.91. The lowest BCUT2D eigenvalue weighted by molar-refractivity contribution is 0.180. The molecule has 3 aromatic rings. The number of hydrogen-bond acceptors (Lipinski definition) is 4. The van der Waals surface area contributed by atoms with E-state index in [1.165, 1.54) is 10.7 Å². The van der Waals surface area contributed by atoms with Crippen molar-refractivity contribution in [3.8, 4) is 0 Å². The van der Waals surface area contributed by atoms with Crippen LogP contribution in [-0.4, -0.2) is 44.0 Å². The number of likely N-dealkylation sites (tertiary alicyclic amines) is 1. The lowest BCUT2D eigenvalue weighted by atomic mass is 9.89. The molecule has 0 aliphatic carbocycles. The summed E-state index contributed by atoms with van der Waals surface area (Å²) in [5.74, 6) is -0.0278. The van der Waals surface area contributed by atoms with Crippen LogP contribution in [0.25, 0.3) is 11.2 Å². The molecular formula is C18H20FN5O. The third-order valence-electron chi connectivity index (χ3n) is 4.51. The summed E-state index contributed by atoms with van der Waals surface area (Å²) in [6.45, 7) is 1.14. The molecule has 0 spiro atoms. The Balaban J connectivity index is 0.00000182. The number of piperidine rings is 1. The molecule has 25 heavy (non-hydrogen) atoms. The maximum absolute atomic E-state index is 13.9. The highest BCUT2D eigenvalue weighted by molar-refractivity contribution is 5.86. The summed E-state index contributed by atoms with van der Waals surface area (Å²) in [6.07, 6.45) is 3.08. The Labute approximate surface area is 145 Å². The van der Waals surface area contributed by atoms with Gasteiger partial charge in [-0.05, 0) is 42.5 Å². The standard InChI is InChI=1S/C17H16FN5O.CH4/c18-14-5-2-1-4-13(14)12-7-10-22(11-8-12)17(24)23-15-6-3-9-19-16(15)20-21-23;/h1-6,9,12H,7-8,10-11H2;1H4. The average molecular weight is 341 g/mol. The number of pyridine rings is 1. The molecule has 0 N–H and O–H groups in total. The second-order valence-electron chi connectivity index (χ2n) is 5.91. The Kier molecular flexibility index (Phi) is 4.74. The van der Waals surface area contributed by atoms with Crippen molar-refractivity contribution in [3.63, 3.8) is 0 Å². The molecule has 7 heteroatoms. The van der Waals surface area contributed by atoms with Crippen LogP contribution in [-0.2, 0) is 0 Å². The van der Waals surface area contributed by atoms with Gasteiger partial charge < -0.3 is 4.90 Å². The van der Waals surface area contributed by atoms with E-state index in [-0.39, 0.29) is 25.2 Å². The van der Waals surface area contributed by atoms with E-state index >= 15 is 0 Å². The van der Waals surface area contributed by atoms with Crippen molar-refractivity contribution in [2.75, 3.05) is 13.1 Å². The topological polar surface area (TPSA) is 63.9 Å². The fraction of sp³-hybridized carbons (Fsp3) is 0.333. The summed E-state index contributed by atoms with van der Waals surface area (Å²) in [5.41, 5.74) is 1.78. The molecule has 0 radical (unpaired) electrons. The molecule has 0 saturated carbocycles. The molecule has 0 unspecified atom stereocenters. The van der Waals surface area contributed by atoms with Crippen molar-refractivity contribution in [2.45, 2.75) is 26.2 Å². The molecule has 0 atom stereocenters. The molecule has 1 aliphatic rings. The zero-order valence-electron chi connectivity index (χ0n) is 13.0. The van der Waals surface area contributed by atoms with Crippen LogP contribution in [0.1, 0.15) is 31.7 Å². The number of amides is 1. The Morgan fingerprint density at radius 1 is 1.12 bits per heavy atom. The molecule has 3 heterocycles. The Bertz CT molecular complexity index is 886. The van der Waals surface area contributed by atoms with Gasteiger partial charge in [0.05, 0.1) is 0 Å². The number of hydrogen-bond donors (Lipinski definition) is 0. The summed E-state index contributed by atoms with van der Waals surface area (Å²) < 4.78 is 15.2. The third-order valence-corrected chi connectivity index (χ3v) is 4.51. The van der Waals surface area contributed by atoms with Gasteiger partial charge in [-0.25, -0.2) is 14.2 Å². The van der Waals surface area contributed by atoms with Crippen LogP contribution in [0.2, 0.25) is 0 Å². The number of benzene rings is 1. The Hall–Kier alpha value is -2.83. The van der Waals surface area contributed by atoms with Gasteiger partial charge >= 0.3 is 6.03 Å². The summed E-state index contributed by atoms with van der Waals surface area (Å²) in [4.78, 5) is 18.5. The van der Waals surface area contributed by atoms with Gasteiger partial charge in [0.2, 0.25) is 5.65 Å².